The largest absolute Gasteiger partial charge is 0.478 e. The number of hydrogen-bond donors (Lipinski definition) is 3. The molecule has 0 saturated carbocycles. The molecule has 0 aromatic heterocycles. The third kappa shape index (κ3) is 2.84. The average Bonchev–Trinajstić information content (AvgIpc) is 2.43. The number of nitrogen functional groups attached to an aromatic ring is 1. The number of carbonyl (C=O) groups excluding carboxylic acids is 1. The van der Waals surface area contributed by atoms with Gasteiger partial charge in [-0.3, -0.25) is 4.79 Å². The SMILES string of the molecule is Cc1c(NC(=O)c2cccc(F)c2N)cccc1C(=O)O. The Balaban J connectivity index is 2.34. The zero-order chi connectivity index (χ0) is 15.6. The first-order chi connectivity index (χ1) is 9.91. The van der Waals surface area contributed by atoms with E-state index in [1.807, 2.05) is 0 Å². The fourth-order valence-electron chi connectivity index (χ4n) is 1.93. The molecule has 21 heavy (non-hydrogen) atoms. The number of carboxylic acids is 1. The van der Waals surface area contributed by atoms with Crippen molar-refractivity contribution in [3.8, 4) is 0 Å². The van der Waals surface area contributed by atoms with Crippen LogP contribution in [0, 0.1) is 12.7 Å². The summed E-state index contributed by atoms with van der Waals surface area (Å²) in [5.41, 5.74) is 6.10. The number of nitrogens with one attached hydrogen (secondary N) is 1. The number of carboxylic acid groups (broad SMARTS) is 1. The maximum absolute atomic E-state index is 13.3. The van der Waals surface area contributed by atoms with Crippen LogP contribution in [0.2, 0.25) is 0 Å². The van der Waals surface area contributed by atoms with Crippen LogP contribution in [-0.2, 0) is 0 Å². The van der Waals surface area contributed by atoms with Crippen LogP contribution in [0.25, 0.3) is 0 Å². The molecule has 0 aliphatic carbocycles. The summed E-state index contributed by atoms with van der Waals surface area (Å²) in [6, 6.07) is 8.44. The number of para-hydroxylation sites is 1. The molecule has 0 aliphatic heterocycles. The molecule has 0 spiro atoms. The molecule has 2 aromatic rings. The van der Waals surface area contributed by atoms with Crippen molar-refractivity contribution in [2.24, 2.45) is 0 Å². The summed E-state index contributed by atoms with van der Waals surface area (Å²) >= 11 is 0. The first-order valence-corrected chi connectivity index (χ1v) is 6.10. The summed E-state index contributed by atoms with van der Waals surface area (Å²) in [5.74, 6) is -2.37. The number of anilines is 2. The van der Waals surface area contributed by atoms with Crippen molar-refractivity contribution in [2.45, 2.75) is 6.92 Å². The lowest BCUT2D eigenvalue weighted by atomic mass is 10.1. The predicted molar refractivity (Wildman–Crippen MR) is 76.9 cm³/mol. The van der Waals surface area contributed by atoms with Gasteiger partial charge in [0.05, 0.1) is 16.8 Å². The van der Waals surface area contributed by atoms with Crippen LogP contribution in [0.1, 0.15) is 26.3 Å². The lowest BCUT2D eigenvalue weighted by Gasteiger charge is -2.11. The zero-order valence-electron chi connectivity index (χ0n) is 11.2. The Bertz CT molecular complexity index is 729. The third-order valence-electron chi connectivity index (χ3n) is 3.11. The highest BCUT2D eigenvalue weighted by molar-refractivity contribution is 6.08. The lowest BCUT2D eigenvalue weighted by molar-refractivity contribution is 0.0695. The highest BCUT2D eigenvalue weighted by Gasteiger charge is 2.15. The van der Waals surface area contributed by atoms with Gasteiger partial charge in [0.2, 0.25) is 0 Å². The molecule has 2 rings (SSSR count). The molecule has 0 bridgehead atoms. The van der Waals surface area contributed by atoms with Crippen molar-refractivity contribution in [3.63, 3.8) is 0 Å². The molecule has 0 saturated heterocycles. The van der Waals surface area contributed by atoms with E-state index >= 15 is 0 Å². The van der Waals surface area contributed by atoms with Gasteiger partial charge >= 0.3 is 5.97 Å². The number of nitrogens with two attached hydrogens (primary N) is 1. The van der Waals surface area contributed by atoms with Crippen molar-refractivity contribution >= 4 is 23.3 Å². The summed E-state index contributed by atoms with van der Waals surface area (Å²) in [6.45, 7) is 1.58. The van der Waals surface area contributed by atoms with Crippen LogP contribution in [-0.4, -0.2) is 17.0 Å². The summed E-state index contributed by atoms with van der Waals surface area (Å²) in [6.07, 6.45) is 0. The molecule has 5 nitrogen and oxygen atoms in total. The van der Waals surface area contributed by atoms with Crippen LogP contribution in [0.5, 0.6) is 0 Å². The van der Waals surface area contributed by atoms with E-state index in [1.54, 1.807) is 13.0 Å². The Kier molecular flexibility index (Phi) is 3.89. The topological polar surface area (TPSA) is 92.4 Å². The monoisotopic (exact) mass is 288 g/mol. The molecule has 0 atom stereocenters. The second-order valence-electron chi connectivity index (χ2n) is 4.44. The molecule has 0 radical (unpaired) electrons. The van der Waals surface area contributed by atoms with E-state index < -0.39 is 17.7 Å². The molecule has 1 amide bonds. The Morgan fingerprint density at radius 2 is 1.76 bits per heavy atom. The average molecular weight is 288 g/mol. The third-order valence-corrected chi connectivity index (χ3v) is 3.11. The number of aromatic carboxylic acids is 1. The minimum atomic E-state index is -1.09. The fraction of sp³-hybridized carbons (Fsp3) is 0.0667. The Morgan fingerprint density at radius 3 is 2.43 bits per heavy atom. The quantitative estimate of drug-likeness (QED) is 0.757. The van der Waals surface area contributed by atoms with Gasteiger partial charge < -0.3 is 16.2 Å². The van der Waals surface area contributed by atoms with Crippen LogP contribution in [0.3, 0.4) is 0 Å². The fourth-order valence-corrected chi connectivity index (χ4v) is 1.93. The predicted octanol–water partition coefficient (Wildman–Crippen LogP) is 2.67. The number of amides is 1. The van der Waals surface area contributed by atoms with E-state index in [0.717, 1.165) is 6.07 Å². The lowest BCUT2D eigenvalue weighted by Crippen LogP contribution is -2.16. The van der Waals surface area contributed by atoms with Gasteiger partial charge in [0.1, 0.15) is 5.82 Å². The number of rotatable bonds is 3. The van der Waals surface area contributed by atoms with Crippen LogP contribution < -0.4 is 11.1 Å². The van der Waals surface area contributed by atoms with Gasteiger partial charge in [0.25, 0.3) is 5.91 Å². The minimum Gasteiger partial charge on any atom is -0.478 e. The van der Waals surface area contributed by atoms with Crippen molar-refractivity contribution in [1.29, 1.82) is 0 Å². The maximum Gasteiger partial charge on any atom is 0.336 e. The summed E-state index contributed by atoms with van der Waals surface area (Å²) in [4.78, 5) is 23.2. The highest BCUT2D eigenvalue weighted by atomic mass is 19.1. The number of hydrogen-bond acceptors (Lipinski definition) is 3. The Morgan fingerprint density at radius 1 is 1.14 bits per heavy atom. The van der Waals surface area contributed by atoms with Crippen LogP contribution in [0.4, 0.5) is 15.8 Å². The summed E-state index contributed by atoms with van der Waals surface area (Å²) < 4.78 is 13.3. The van der Waals surface area contributed by atoms with Gasteiger partial charge in [-0.1, -0.05) is 12.1 Å². The van der Waals surface area contributed by atoms with Gasteiger partial charge in [-0.2, -0.15) is 0 Å². The molecule has 108 valence electrons. The molecule has 0 heterocycles. The Hall–Kier alpha value is -2.89. The van der Waals surface area contributed by atoms with E-state index in [0.29, 0.717) is 11.3 Å². The molecule has 6 heteroatoms. The normalized spacial score (nSPS) is 10.2. The van der Waals surface area contributed by atoms with E-state index in [9.17, 15) is 14.0 Å². The summed E-state index contributed by atoms with van der Waals surface area (Å²) in [5, 5.41) is 11.6. The highest BCUT2D eigenvalue weighted by Crippen LogP contribution is 2.22. The second-order valence-corrected chi connectivity index (χ2v) is 4.44. The molecule has 0 unspecified atom stereocenters. The van der Waals surface area contributed by atoms with E-state index in [1.165, 1.54) is 24.3 Å². The molecule has 4 N–H and O–H groups in total. The standard InChI is InChI=1S/C15H13FN2O3/c1-8-9(15(20)21)4-3-7-12(8)18-14(19)10-5-2-6-11(16)13(10)17/h2-7H,17H2,1H3,(H,18,19)(H,20,21). The van der Waals surface area contributed by atoms with Crippen molar-refractivity contribution < 1.29 is 19.1 Å². The van der Waals surface area contributed by atoms with Gasteiger partial charge in [0, 0.05) is 5.69 Å². The number of benzene rings is 2. The van der Waals surface area contributed by atoms with Gasteiger partial charge in [-0.25, -0.2) is 9.18 Å². The maximum atomic E-state index is 13.3. The molecule has 0 aliphatic rings. The molecule has 2 aromatic carbocycles. The molecule has 0 fully saturated rings. The van der Waals surface area contributed by atoms with Gasteiger partial charge in [-0.05, 0) is 36.8 Å². The second kappa shape index (κ2) is 5.62. The molecular weight excluding hydrogens is 275 g/mol. The van der Waals surface area contributed by atoms with Crippen molar-refractivity contribution in [1.82, 2.24) is 0 Å². The van der Waals surface area contributed by atoms with Crippen LogP contribution >= 0.6 is 0 Å². The molecular formula is C15H13FN2O3. The van der Waals surface area contributed by atoms with Gasteiger partial charge in [0.15, 0.2) is 0 Å². The van der Waals surface area contributed by atoms with Gasteiger partial charge in [-0.15, -0.1) is 0 Å². The smallest absolute Gasteiger partial charge is 0.336 e. The van der Waals surface area contributed by atoms with E-state index in [2.05, 4.69) is 5.32 Å². The zero-order valence-corrected chi connectivity index (χ0v) is 11.2. The van der Waals surface area contributed by atoms with E-state index in [4.69, 9.17) is 10.8 Å². The number of halogens is 1. The minimum absolute atomic E-state index is 0.00451. The van der Waals surface area contributed by atoms with Crippen LogP contribution in [0.15, 0.2) is 36.4 Å². The first-order valence-electron chi connectivity index (χ1n) is 6.10. The Labute approximate surface area is 120 Å². The van der Waals surface area contributed by atoms with Crippen molar-refractivity contribution in [3.05, 3.63) is 58.9 Å². The van der Waals surface area contributed by atoms with E-state index in [-0.39, 0.29) is 16.8 Å². The number of carbonyl (C=O) groups is 2. The summed E-state index contributed by atoms with van der Waals surface area (Å²) in [7, 11) is 0. The first kappa shape index (κ1) is 14.5. The van der Waals surface area contributed by atoms with Crippen molar-refractivity contribution in [2.75, 3.05) is 11.1 Å².